The van der Waals surface area contributed by atoms with Crippen molar-refractivity contribution < 1.29 is 25.5 Å². The number of nitroso groups, excluding NO2 is 1. The summed E-state index contributed by atoms with van der Waals surface area (Å²) in [7, 11) is 0.262. The Kier molecular flexibility index (Phi) is 19.5. The number of aliphatic hydroxyl groups excluding tert-OH is 1. The quantitative estimate of drug-likeness (QED) is 0.623. The van der Waals surface area contributed by atoms with Crippen LogP contribution in [-0.4, -0.2) is 22.1 Å². The first-order valence-corrected chi connectivity index (χ1v) is 7.77. The molecule has 19 heavy (non-hydrogen) atoms. The molecule has 0 heterocycles. The maximum absolute atomic E-state index is 8.47. The molecule has 0 spiro atoms. The van der Waals surface area contributed by atoms with Crippen LogP contribution in [0.15, 0.2) is 0 Å². The zero-order valence-corrected chi connectivity index (χ0v) is 16.3. The van der Waals surface area contributed by atoms with Crippen molar-refractivity contribution in [3.63, 3.8) is 0 Å². The van der Waals surface area contributed by atoms with E-state index in [4.69, 9.17) is 15.6 Å². The molecule has 0 aliphatic heterocycles. The fourth-order valence-corrected chi connectivity index (χ4v) is 5.73. The molecule has 3 nitrogen and oxygen atoms in total. The maximum atomic E-state index is 8.47. The number of hydrogen-bond donors (Lipinski definition) is 1. The smallest absolute Gasteiger partial charge is 0.101 e. The molecule has 6 radical (unpaired) electrons. The molecule has 0 aromatic heterocycles. The van der Waals surface area contributed by atoms with Crippen LogP contribution in [0.4, 0.5) is 0 Å². The first-order chi connectivity index (χ1) is 8.36. The minimum atomic E-state index is 0. The number of hydrogen-bond acceptors (Lipinski definition) is 2. The van der Waals surface area contributed by atoms with Crippen molar-refractivity contribution in [1.29, 1.82) is 0 Å². The molecule has 0 unspecified atom stereocenters. The van der Waals surface area contributed by atoms with Gasteiger partial charge >= 0.3 is 0 Å². The van der Waals surface area contributed by atoms with Crippen molar-refractivity contribution in [3.8, 4) is 0 Å². The summed E-state index contributed by atoms with van der Waals surface area (Å²) in [5.74, 6) is 0. The zero-order chi connectivity index (χ0) is 14.7. The van der Waals surface area contributed by atoms with Crippen molar-refractivity contribution in [2.75, 3.05) is 0 Å². The molecule has 1 N–H and O–H groups in total. The summed E-state index contributed by atoms with van der Waals surface area (Å²) in [6, 6.07) is 0. The van der Waals surface area contributed by atoms with Gasteiger partial charge < -0.3 is 15.6 Å². The molecule has 0 atom stereocenters. The predicted octanol–water partition coefficient (Wildman–Crippen LogP) is 4.73. The van der Waals surface area contributed by atoms with E-state index in [1.54, 1.807) is 25.7 Å². The van der Waals surface area contributed by atoms with Crippen LogP contribution in [-0.2, 0) is 20.4 Å². The van der Waals surface area contributed by atoms with E-state index < -0.39 is 0 Å². The molecule has 5 heteroatoms. The van der Waals surface area contributed by atoms with Crippen LogP contribution in [0.2, 0.25) is 0 Å². The van der Waals surface area contributed by atoms with Gasteiger partial charge in [0.25, 0.3) is 0 Å². The first-order valence-electron chi connectivity index (χ1n) is 6.22. The second-order valence-corrected chi connectivity index (χ2v) is 8.86. The fraction of sp³-hybridized carbons (Fsp3) is 0.643. The van der Waals surface area contributed by atoms with E-state index in [1.807, 2.05) is 0 Å². The predicted molar refractivity (Wildman–Crippen MR) is 81.4 cm³/mol. The Morgan fingerprint density at radius 2 is 1.16 bits per heavy atom. The molecule has 0 saturated heterocycles. The van der Waals surface area contributed by atoms with Crippen LogP contribution in [0.3, 0.4) is 0 Å². The topological polar surface area (TPSA) is 59.6 Å². The van der Waals surface area contributed by atoms with E-state index in [9.17, 15) is 0 Å². The van der Waals surface area contributed by atoms with Gasteiger partial charge in [0.05, 0.1) is 0 Å². The maximum Gasteiger partial charge on any atom is 0.101 e. The van der Waals surface area contributed by atoms with Crippen molar-refractivity contribution in [2.24, 2.45) is 0 Å². The summed E-state index contributed by atoms with van der Waals surface area (Å²) in [6.45, 7) is 14.1. The van der Waals surface area contributed by atoms with Gasteiger partial charge in [0.15, 0.2) is 0 Å². The van der Waals surface area contributed by atoms with Crippen molar-refractivity contribution >= 4 is 7.92 Å². The van der Waals surface area contributed by atoms with Crippen molar-refractivity contribution in [3.05, 3.63) is 42.3 Å². The molecule has 0 aromatic carbocycles. The summed E-state index contributed by atoms with van der Waals surface area (Å²) in [5.41, 5.74) is 8.44. The second-order valence-electron chi connectivity index (χ2n) is 4.87. The fourth-order valence-electron chi connectivity index (χ4n) is 2.15. The Hall–Kier alpha value is 0.652. The van der Waals surface area contributed by atoms with Crippen LogP contribution in [0.1, 0.15) is 41.5 Å². The summed E-state index contributed by atoms with van der Waals surface area (Å²) < 4.78 is 0. The zero-order valence-electron chi connectivity index (χ0n) is 12.7. The SMILES string of the molecule is CC(C)P(C(C)C)C(C)C.O[C]1[CH][CH][CH][CH]1.[N-]=O.[Re]. The molecule has 0 aromatic rings. The third-order valence-electron chi connectivity index (χ3n) is 2.43. The Balaban J connectivity index is -0.000000243. The van der Waals surface area contributed by atoms with E-state index in [0.717, 1.165) is 17.0 Å². The monoisotopic (exact) mass is 458 g/mol. The molecular weight excluding hydrogens is 431 g/mol. The standard InChI is InChI=1S/C9H21P.C5H5O.NO.Re/c1-7(2)10(8(3)4)9(5)6;6-5-3-1-2-4-5;1-2;/h7-9H,1-6H3;1-4,6H;;/q;;-1;. The Morgan fingerprint density at radius 3 is 1.21 bits per heavy atom. The van der Waals surface area contributed by atoms with Gasteiger partial charge in [-0.05, 0) is 29.8 Å². The Labute approximate surface area is 134 Å². The summed E-state index contributed by atoms with van der Waals surface area (Å²) in [6.07, 6.45) is 7.19. The van der Waals surface area contributed by atoms with Gasteiger partial charge in [-0.15, -0.1) is 0 Å². The van der Waals surface area contributed by atoms with Gasteiger partial charge in [-0.1, -0.05) is 49.5 Å². The third kappa shape index (κ3) is 13.4. The average molecular weight is 458 g/mol. The Morgan fingerprint density at radius 1 is 0.895 bits per heavy atom. The number of aliphatic hydroxyl groups is 1. The van der Waals surface area contributed by atoms with Crippen LogP contribution in [0, 0.1) is 36.7 Å². The Bertz CT molecular complexity index is 167. The molecule has 1 saturated carbocycles. The largest absolute Gasteiger partial charge is 0.577 e. The second kappa shape index (κ2) is 15.0. The molecular formula is C14H26NO2PRe-. The van der Waals surface area contributed by atoms with E-state index in [2.05, 4.69) is 41.5 Å². The molecule has 112 valence electrons. The third-order valence-corrected chi connectivity index (χ3v) is 6.01. The van der Waals surface area contributed by atoms with Crippen molar-refractivity contribution in [2.45, 2.75) is 58.5 Å². The minimum Gasteiger partial charge on any atom is -0.577 e. The molecule has 0 bridgehead atoms. The molecule has 1 aliphatic carbocycles. The minimum absolute atomic E-state index is 0. The summed E-state index contributed by atoms with van der Waals surface area (Å²) >= 11 is 0. The van der Waals surface area contributed by atoms with Gasteiger partial charge in [0.1, 0.15) is 6.10 Å². The van der Waals surface area contributed by atoms with Gasteiger partial charge in [-0.2, -0.15) is 0 Å². The van der Waals surface area contributed by atoms with Crippen LogP contribution < -0.4 is 0 Å². The summed E-state index contributed by atoms with van der Waals surface area (Å²) in [5, 5.41) is 8.47. The molecule has 0 amide bonds. The van der Waals surface area contributed by atoms with Crippen molar-refractivity contribution in [1.82, 2.24) is 0 Å². The van der Waals surface area contributed by atoms with E-state index in [0.29, 0.717) is 6.10 Å². The number of nitrogens with zero attached hydrogens (tertiary/aromatic N) is 1. The molecule has 1 aliphatic rings. The van der Waals surface area contributed by atoms with E-state index in [-0.39, 0.29) is 28.3 Å². The summed E-state index contributed by atoms with van der Waals surface area (Å²) in [4.78, 5) is 7.25. The van der Waals surface area contributed by atoms with E-state index >= 15 is 0 Å². The average Bonchev–Trinajstić information content (AvgIpc) is 2.71. The van der Waals surface area contributed by atoms with E-state index in [1.165, 1.54) is 0 Å². The van der Waals surface area contributed by atoms with Gasteiger partial charge in [0, 0.05) is 33.3 Å². The van der Waals surface area contributed by atoms with Crippen LogP contribution in [0.25, 0.3) is 5.59 Å². The van der Waals surface area contributed by atoms with Gasteiger partial charge in [-0.25, -0.2) is 0 Å². The normalized spacial score (nSPS) is 14.9. The van der Waals surface area contributed by atoms with Gasteiger partial charge in [-0.3, -0.25) is 0 Å². The first kappa shape index (κ1) is 24.7. The van der Waals surface area contributed by atoms with Crippen LogP contribution >= 0.6 is 7.92 Å². The molecule has 1 fully saturated rings. The molecule has 1 rings (SSSR count). The van der Waals surface area contributed by atoms with Crippen LogP contribution in [0.5, 0.6) is 0 Å². The van der Waals surface area contributed by atoms with Gasteiger partial charge in [0.2, 0.25) is 0 Å². The number of rotatable bonds is 3.